The molecule has 2 aliphatic rings. The monoisotopic (exact) mass is 284 g/mol. The molecule has 0 radical (unpaired) electrons. The number of primary amides is 1. The lowest BCUT2D eigenvalue weighted by Crippen LogP contribution is -2.46. The van der Waals surface area contributed by atoms with Gasteiger partial charge in [0.15, 0.2) is 0 Å². The van der Waals surface area contributed by atoms with E-state index in [1.165, 1.54) is 11.1 Å². The molecular weight excluding hydrogens is 264 g/mol. The zero-order valence-corrected chi connectivity index (χ0v) is 12.0. The van der Waals surface area contributed by atoms with E-state index >= 15 is 0 Å². The Labute approximate surface area is 124 Å². The highest BCUT2D eigenvalue weighted by atomic mass is 16.2. The van der Waals surface area contributed by atoms with Gasteiger partial charge in [-0.25, -0.2) is 0 Å². The molecule has 0 unspecified atom stereocenters. The summed E-state index contributed by atoms with van der Waals surface area (Å²) in [6.45, 7) is 0. The standard InChI is InChI=1S/C17H20N2O2/c18-16(20)14-6-1-2-7-15(14)19-17(21)13-9-8-11-4-3-5-12(11)10-13/h1-2,8-10,14-15H,3-7H2,(H2,18,20)(H,19,21)/t14-,15-/m1/s1. The second kappa shape index (κ2) is 5.72. The highest BCUT2D eigenvalue weighted by Gasteiger charge is 2.28. The number of carbonyl (C=O) groups is 2. The first-order valence-corrected chi connectivity index (χ1v) is 7.52. The third kappa shape index (κ3) is 2.84. The van der Waals surface area contributed by atoms with Gasteiger partial charge in [-0.15, -0.1) is 0 Å². The van der Waals surface area contributed by atoms with Crippen LogP contribution in [-0.4, -0.2) is 17.9 Å². The van der Waals surface area contributed by atoms with Crippen molar-refractivity contribution in [3.63, 3.8) is 0 Å². The molecule has 4 nitrogen and oxygen atoms in total. The van der Waals surface area contributed by atoms with Crippen LogP contribution in [0.3, 0.4) is 0 Å². The average molecular weight is 284 g/mol. The van der Waals surface area contributed by atoms with Gasteiger partial charge in [-0.2, -0.15) is 0 Å². The Kier molecular flexibility index (Phi) is 3.78. The van der Waals surface area contributed by atoms with Crippen LogP contribution in [0.4, 0.5) is 0 Å². The summed E-state index contributed by atoms with van der Waals surface area (Å²) in [7, 11) is 0. The van der Waals surface area contributed by atoms with Crippen LogP contribution in [0.2, 0.25) is 0 Å². The summed E-state index contributed by atoms with van der Waals surface area (Å²) in [6, 6.07) is 5.70. The van der Waals surface area contributed by atoms with Gasteiger partial charge >= 0.3 is 0 Å². The van der Waals surface area contributed by atoms with Crippen molar-refractivity contribution >= 4 is 11.8 Å². The molecule has 3 N–H and O–H groups in total. The first-order chi connectivity index (χ1) is 10.1. The summed E-state index contributed by atoms with van der Waals surface area (Å²) in [6.07, 6.45) is 8.52. The first kappa shape index (κ1) is 13.9. The molecule has 0 bridgehead atoms. The number of fused-ring (bicyclic) bond motifs is 1. The minimum atomic E-state index is -0.349. The topological polar surface area (TPSA) is 72.2 Å². The number of amides is 2. The van der Waals surface area contributed by atoms with Crippen molar-refractivity contribution in [3.05, 3.63) is 47.0 Å². The smallest absolute Gasteiger partial charge is 0.251 e. The Bertz CT molecular complexity index is 607. The average Bonchev–Trinajstić information content (AvgIpc) is 2.94. The van der Waals surface area contributed by atoms with Crippen LogP contribution in [0.5, 0.6) is 0 Å². The van der Waals surface area contributed by atoms with Gasteiger partial charge in [0.2, 0.25) is 5.91 Å². The summed E-state index contributed by atoms with van der Waals surface area (Å²) < 4.78 is 0. The Balaban J connectivity index is 1.73. The summed E-state index contributed by atoms with van der Waals surface area (Å²) in [5, 5.41) is 2.97. The molecule has 2 atom stereocenters. The van der Waals surface area contributed by atoms with Crippen molar-refractivity contribution in [2.45, 2.75) is 38.1 Å². The zero-order chi connectivity index (χ0) is 14.8. The van der Waals surface area contributed by atoms with Crippen LogP contribution in [0.15, 0.2) is 30.4 Å². The number of hydrogen-bond acceptors (Lipinski definition) is 2. The van der Waals surface area contributed by atoms with Crippen molar-refractivity contribution < 1.29 is 9.59 Å². The molecule has 0 heterocycles. The van der Waals surface area contributed by atoms with Gasteiger partial charge in [0, 0.05) is 11.6 Å². The van der Waals surface area contributed by atoms with E-state index < -0.39 is 0 Å². The van der Waals surface area contributed by atoms with E-state index in [1.807, 2.05) is 30.4 Å². The van der Waals surface area contributed by atoms with Crippen LogP contribution in [0, 0.1) is 5.92 Å². The SMILES string of the molecule is NC(=O)[C@@H]1CC=CC[C@H]1NC(=O)c1ccc2c(c1)CCC2. The lowest BCUT2D eigenvalue weighted by molar-refractivity contribution is -0.122. The lowest BCUT2D eigenvalue weighted by atomic mass is 9.88. The Morgan fingerprint density at radius 3 is 2.67 bits per heavy atom. The van der Waals surface area contributed by atoms with Gasteiger partial charge in [-0.1, -0.05) is 18.2 Å². The molecule has 4 heteroatoms. The third-order valence-electron chi connectivity index (χ3n) is 4.48. The predicted molar refractivity (Wildman–Crippen MR) is 80.8 cm³/mol. The Morgan fingerprint density at radius 1 is 1.10 bits per heavy atom. The fourth-order valence-electron chi connectivity index (χ4n) is 3.25. The largest absolute Gasteiger partial charge is 0.369 e. The molecule has 110 valence electrons. The van der Waals surface area contributed by atoms with Crippen LogP contribution < -0.4 is 11.1 Å². The normalized spacial score (nSPS) is 23.6. The van der Waals surface area contributed by atoms with E-state index in [0.29, 0.717) is 18.4 Å². The van der Waals surface area contributed by atoms with E-state index in [2.05, 4.69) is 5.32 Å². The highest BCUT2D eigenvalue weighted by molar-refractivity contribution is 5.95. The van der Waals surface area contributed by atoms with E-state index in [1.54, 1.807) is 0 Å². The van der Waals surface area contributed by atoms with Gasteiger partial charge in [0.25, 0.3) is 5.91 Å². The maximum atomic E-state index is 12.4. The number of allylic oxidation sites excluding steroid dienone is 1. The van der Waals surface area contributed by atoms with Gasteiger partial charge < -0.3 is 11.1 Å². The second-order valence-electron chi connectivity index (χ2n) is 5.87. The molecule has 1 aromatic rings. The number of aryl methyl sites for hydroxylation is 2. The summed E-state index contributed by atoms with van der Waals surface area (Å²) in [4.78, 5) is 23.9. The zero-order valence-electron chi connectivity index (χ0n) is 12.0. The summed E-state index contributed by atoms with van der Waals surface area (Å²) in [5.74, 6) is -0.775. The molecule has 2 aliphatic carbocycles. The molecule has 3 rings (SSSR count). The van der Waals surface area contributed by atoms with Crippen molar-refractivity contribution in [3.8, 4) is 0 Å². The fourth-order valence-corrected chi connectivity index (χ4v) is 3.25. The van der Waals surface area contributed by atoms with Crippen molar-refractivity contribution in [1.82, 2.24) is 5.32 Å². The number of nitrogens with one attached hydrogen (secondary N) is 1. The van der Waals surface area contributed by atoms with Crippen molar-refractivity contribution in [2.24, 2.45) is 11.7 Å². The van der Waals surface area contributed by atoms with E-state index in [0.717, 1.165) is 19.3 Å². The number of nitrogens with two attached hydrogens (primary N) is 1. The van der Waals surface area contributed by atoms with Crippen molar-refractivity contribution in [1.29, 1.82) is 0 Å². The molecule has 2 amide bonds. The van der Waals surface area contributed by atoms with Gasteiger partial charge in [0.1, 0.15) is 0 Å². The van der Waals surface area contributed by atoms with Crippen LogP contribution in [0.1, 0.15) is 40.7 Å². The van der Waals surface area contributed by atoms with Gasteiger partial charge in [0.05, 0.1) is 5.92 Å². The minimum absolute atomic E-state index is 0.115. The lowest BCUT2D eigenvalue weighted by Gasteiger charge is -2.27. The van der Waals surface area contributed by atoms with Crippen LogP contribution >= 0.6 is 0 Å². The maximum Gasteiger partial charge on any atom is 0.251 e. The number of rotatable bonds is 3. The second-order valence-corrected chi connectivity index (χ2v) is 5.87. The van der Waals surface area contributed by atoms with Crippen molar-refractivity contribution in [2.75, 3.05) is 0 Å². The summed E-state index contributed by atoms with van der Waals surface area (Å²) >= 11 is 0. The van der Waals surface area contributed by atoms with E-state index in [9.17, 15) is 9.59 Å². The van der Waals surface area contributed by atoms with Crippen LogP contribution in [-0.2, 0) is 17.6 Å². The number of benzene rings is 1. The molecule has 1 aromatic carbocycles. The summed E-state index contributed by atoms with van der Waals surface area (Å²) in [5.41, 5.74) is 8.72. The molecule has 0 saturated carbocycles. The number of hydrogen-bond donors (Lipinski definition) is 2. The van der Waals surface area contributed by atoms with E-state index in [4.69, 9.17) is 5.73 Å². The maximum absolute atomic E-state index is 12.4. The molecule has 21 heavy (non-hydrogen) atoms. The number of carbonyl (C=O) groups excluding carboxylic acids is 2. The van der Waals surface area contributed by atoms with Gasteiger partial charge in [-0.3, -0.25) is 9.59 Å². The molecule has 0 fully saturated rings. The quantitative estimate of drug-likeness (QED) is 0.830. The molecule has 0 spiro atoms. The molecule has 0 aromatic heterocycles. The van der Waals surface area contributed by atoms with Gasteiger partial charge in [-0.05, 0) is 55.4 Å². The minimum Gasteiger partial charge on any atom is -0.369 e. The molecule has 0 aliphatic heterocycles. The fraction of sp³-hybridized carbons (Fsp3) is 0.412. The highest BCUT2D eigenvalue weighted by Crippen LogP contribution is 2.24. The predicted octanol–water partition coefficient (Wildman–Crippen LogP) is 1.73. The molecule has 0 saturated heterocycles. The third-order valence-corrected chi connectivity index (χ3v) is 4.48. The Hall–Kier alpha value is -2.10. The first-order valence-electron chi connectivity index (χ1n) is 7.52. The Morgan fingerprint density at radius 2 is 1.86 bits per heavy atom. The van der Waals surface area contributed by atoms with E-state index in [-0.39, 0.29) is 23.8 Å². The van der Waals surface area contributed by atoms with Crippen LogP contribution in [0.25, 0.3) is 0 Å². The molecular formula is C17H20N2O2.